The molecule has 0 amide bonds. The van der Waals surface area contributed by atoms with Crippen LogP contribution in [0.5, 0.6) is 0 Å². The number of para-hydroxylation sites is 1. The number of nitrogens with zero attached hydrogens (tertiary/aromatic N) is 1. The number of fused-ring (bicyclic) bond motifs is 1. The molecule has 0 saturated carbocycles. The van der Waals surface area contributed by atoms with E-state index in [1.165, 1.54) is 44.5 Å². The van der Waals surface area contributed by atoms with Crippen LogP contribution >= 0.6 is 0 Å². The van der Waals surface area contributed by atoms with Gasteiger partial charge in [-0.2, -0.15) is 0 Å². The van der Waals surface area contributed by atoms with Gasteiger partial charge in [-0.25, -0.2) is 0 Å². The van der Waals surface area contributed by atoms with Crippen molar-refractivity contribution in [3.8, 4) is 16.8 Å². The molecule has 134 valence electrons. The van der Waals surface area contributed by atoms with Crippen LogP contribution in [0.4, 0.5) is 0 Å². The smallest absolute Gasteiger partial charge is 0.0537 e. The number of allylic oxidation sites excluding steroid dienone is 1. The first-order chi connectivity index (χ1) is 13.2. The van der Waals surface area contributed by atoms with Gasteiger partial charge in [0, 0.05) is 16.8 Å². The second-order valence-electron chi connectivity index (χ2n) is 7.09. The van der Waals surface area contributed by atoms with Gasteiger partial charge in [-0.1, -0.05) is 67.1 Å². The predicted molar refractivity (Wildman–Crippen MR) is 118 cm³/mol. The summed E-state index contributed by atoms with van der Waals surface area (Å²) in [5.74, 6) is 0. The lowest BCUT2D eigenvalue weighted by atomic mass is 10.0. The van der Waals surface area contributed by atoms with Gasteiger partial charge in [-0.15, -0.1) is 0 Å². The van der Waals surface area contributed by atoms with E-state index >= 15 is 0 Å². The Kier molecular flexibility index (Phi) is 4.68. The summed E-state index contributed by atoms with van der Waals surface area (Å²) in [6.45, 7) is 6.56. The molecule has 4 aromatic rings. The van der Waals surface area contributed by atoms with Gasteiger partial charge < -0.3 is 4.57 Å². The van der Waals surface area contributed by atoms with Crippen molar-refractivity contribution in [3.63, 3.8) is 0 Å². The van der Waals surface area contributed by atoms with Crippen molar-refractivity contribution in [2.75, 3.05) is 0 Å². The molecule has 0 aliphatic carbocycles. The first-order valence-electron chi connectivity index (χ1n) is 9.63. The lowest BCUT2D eigenvalue weighted by molar-refractivity contribution is 1.09. The lowest BCUT2D eigenvalue weighted by Crippen LogP contribution is -1.96. The second kappa shape index (κ2) is 7.28. The monoisotopic (exact) mass is 351 g/mol. The third-order valence-corrected chi connectivity index (χ3v) is 5.14. The van der Waals surface area contributed by atoms with E-state index in [2.05, 4.69) is 110 Å². The minimum Gasteiger partial charge on any atom is -0.310 e. The van der Waals surface area contributed by atoms with E-state index in [1.54, 1.807) is 0 Å². The Morgan fingerprint density at radius 1 is 0.815 bits per heavy atom. The Balaban J connectivity index is 1.98. The van der Waals surface area contributed by atoms with Crippen LogP contribution in [0.25, 0.3) is 33.8 Å². The molecule has 0 unspecified atom stereocenters. The van der Waals surface area contributed by atoms with Crippen LogP contribution in [0, 0.1) is 13.8 Å². The van der Waals surface area contributed by atoms with Gasteiger partial charge in [0.05, 0.1) is 5.52 Å². The third kappa shape index (κ3) is 3.21. The summed E-state index contributed by atoms with van der Waals surface area (Å²) >= 11 is 0. The highest BCUT2D eigenvalue weighted by atomic mass is 15.0. The molecule has 0 spiro atoms. The van der Waals surface area contributed by atoms with Gasteiger partial charge in [0.25, 0.3) is 0 Å². The Labute approximate surface area is 161 Å². The van der Waals surface area contributed by atoms with Gasteiger partial charge in [0.15, 0.2) is 0 Å². The van der Waals surface area contributed by atoms with E-state index in [0.717, 1.165) is 6.42 Å². The molecule has 0 aliphatic heterocycles. The topological polar surface area (TPSA) is 4.93 Å². The molecule has 1 heterocycles. The van der Waals surface area contributed by atoms with Crippen LogP contribution in [0.3, 0.4) is 0 Å². The first-order valence-corrected chi connectivity index (χ1v) is 9.63. The summed E-state index contributed by atoms with van der Waals surface area (Å²) in [5.41, 5.74) is 8.88. The van der Waals surface area contributed by atoms with E-state index in [1.807, 2.05) is 0 Å². The predicted octanol–water partition coefficient (Wildman–Crippen LogP) is 7.34. The van der Waals surface area contributed by atoms with Crippen LogP contribution < -0.4 is 0 Å². The van der Waals surface area contributed by atoms with Gasteiger partial charge >= 0.3 is 0 Å². The normalized spacial score (nSPS) is 11.5. The van der Waals surface area contributed by atoms with E-state index in [9.17, 15) is 0 Å². The quantitative estimate of drug-likeness (QED) is 0.362. The highest BCUT2D eigenvalue weighted by Crippen LogP contribution is 2.33. The van der Waals surface area contributed by atoms with Crippen molar-refractivity contribution < 1.29 is 0 Å². The summed E-state index contributed by atoms with van der Waals surface area (Å²) in [6.07, 6.45) is 5.53. The largest absolute Gasteiger partial charge is 0.310 e. The molecule has 0 atom stereocenters. The minimum absolute atomic E-state index is 1.03. The van der Waals surface area contributed by atoms with Crippen LogP contribution in [0.1, 0.15) is 30.2 Å². The van der Waals surface area contributed by atoms with E-state index in [-0.39, 0.29) is 0 Å². The zero-order chi connectivity index (χ0) is 18.8. The third-order valence-electron chi connectivity index (χ3n) is 5.14. The summed E-state index contributed by atoms with van der Waals surface area (Å²) < 4.78 is 2.37. The number of aromatic nitrogens is 1. The molecule has 4 rings (SSSR count). The molecule has 0 bridgehead atoms. The summed E-state index contributed by atoms with van der Waals surface area (Å²) in [6, 6.07) is 26.2. The van der Waals surface area contributed by atoms with Crippen LogP contribution in [0.15, 0.2) is 78.9 Å². The Bertz CT molecular complexity index is 1110. The molecular formula is C26H25N. The number of benzene rings is 3. The highest BCUT2D eigenvalue weighted by Gasteiger charge is 2.14. The molecule has 0 N–H and O–H groups in total. The average Bonchev–Trinajstić information content (AvgIpc) is 2.98. The van der Waals surface area contributed by atoms with Crippen LogP contribution in [-0.2, 0) is 0 Å². The fourth-order valence-corrected chi connectivity index (χ4v) is 3.76. The molecular weight excluding hydrogens is 326 g/mol. The Morgan fingerprint density at radius 3 is 2.33 bits per heavy atom. The van der Waals surface area contributed by atoms with Crippen LogP contribution in [-0.4, -0.2) is 4.57 Å². The molecule has 1 heteroatoms. The van der Waals surface area contributed by atoms with Gasteiger partial charge in [-0.3, -0.25) is 0 Å². The van der Waals surface area contributed by atoms with Crippen molar-refractivity contribution in [2.45, 2.75) is 27.2 Å². The maximum atomic E-state index is 2.37. The minimum atomic E-state index is 1.03. The SMILES string of the molecule is CC/C=C\c1c(C)c2cc(-c3cccc(C)c3)ccc2n1-c1ccccc1. The zero-order valence-corrected chi connectivity index (χ0v) is 16.2. The maximum absolute atomic E-state index is 2.37. The van der Waals surface area contributed by atoms with E-state index in [0.29, 0.717) is 0 Å². The summed E-state index contributed by atoms with van der Waals surface area (Å²) in [4.78, 5) is 0. The summed E-state index contributed by atoms with van der Waals surface area (Å²) in [5, 5.41) is 1.31. The van der Waals surface area contributed by atoms with Crippen molar-refractivity contribution in [1.29, 1.82) is 0 Å². The fraction of sp³-hybridized carbons (Fsp3) is 0.154. The van der Waals surface area contributed by atoms with Crippen LogP contribution in [0.2, 0.25) is 0 Å². The van der Waals surface area contributed by atoms with Crippen molar-refractivity contribution in [1.82, 2.24) is 4.57 Å². The number of rotatable bonds is 4. The van der Waals surface area contributed by atoms with Crippen molar-refractivity contribution >= 4 is 17.0 Å². The molecule has 0 aliphatic rings. The number of hydrogen-bond acceptors (Lipinski definition) is 0. The fourth-order valence-electron chi connectivity index (χ4n) is 3.76. The first kappa shape index (κ1) is 17.4. The highest BCUT2D eigenvalue weighted by molar-refractivity contribution is 5.93. The molecule has 1 nitrogen and oxygen atoms in total. The second-order valence-corrected chi connectivity index (χ2v) is 7.09. The molecule has 0 radical (unpaired) electrons. The molecule has 0 fully saturated rings. The molecule has 3 aromatic carbocycles. The molecule has 0 saturated heterocycles. The summed E-state index contributed by atoms with van der Waals surface area (Å²) in [7, 11) is 0. The Morgan fingerprint density at radius 2 is 1.59 bits per heavy atom. The Hall–Kier alpha value is -3.06. The molecule has 27 heavy (non-hydrogen) atoms. The van der Waals surface area contributed by atoms with Crippen molar-refractivity contribution in [3.05, 3.63) is 95.7 Å². The number of hydrogen-bond donors (Lipinski definition) is 0. The maximum Gasteiger partial charge on any atom is 0.0537 e. The van der Waals surface area contributed by atoms with Gasteiger partial charge in [-0.05, 0) is 67.3 Å². The number of aryl methyl sites for hydroxylation is 2. The zero-order valence-electron chi connectivity index (χ0n) is 16.2. The molecule has 1 aromatic heterocycles. The van der Waals surface area contributed by atoms with Gasteiger partial charge in [0.2, 0.25) is 0 Å². The average molecular weight is 351 g/mol. The van der Waals surface area contributed by atoms with E-state index in [4.69, 9.17) is 0 Å². The van der Waals surface area contributed by atoms with Gasteiger partial charge in [0.1, 0.15) is 0 Å². The van der Waals surface area contributed by atoms with E-state index < -0.39 is 0 Å². The standard InChI is InChI=1S/C26H25N/c1-4-5-14-25-20(3)24-18-22(21-11-9-10-19(2)17-21)15-16-26(24)27(25)23-12-7-6-8-13-23/h5-18H,4H2,1-3H3/b14-5-. The van der Waals surface area contributed by atoms with Crippen molar-refractivity contribution in [2.24, 2.45) is 0 Å². The lowest BCUT2D eigenvalue weighted by Gasteiger charge is -2.09.